The van der Waals surface area contributed by atoms with Gasteiger partial charge in [0.2, 0.25) is 7.37 Å². The van der Waals surface area contributed by atoms with Crippen LogP contribution >= 0.6 is 7.37 Å². The van der Waals surface area contributed by atoms with Crippen LogP contribution < -0.4 is 10.0 Å². The van der Waals surface area contributed by atoms with Crippen molar-refractivity contribution in [1.82, 2.24) is 10.2 Å². The van der Waals surface area contributed by atoms with Crippen LogP contribution in [0.4, 0.5) is 0 Å². The molecule has 0 spiro atoms. The average molecular weight is 565 g/mol. The molecule has 0 radical (unpaired) electrons. The zero-order chi connectivity index (χ0) is 29.0. The molecule has 0 aliphatic heterocycles. The molecule has 1 unspecified atom stereocenters. The van der Waals surface area contributed by atoms with Crippen molar-refractivity contribution in [3.05, 3.63) is 126 Å². The Morgan fingerprint density at radius 2 is 1.63 bits per heavy atom. The summed E-state index contributed by atoms with van der Waals surface area (Å²) in [6, 6.07) is 28.4. The number of fused-ring (bicyclic) bond motifs is 1. The number of aliphatic carboxylic acids is 1. The van der Waals surface area contributed by atoms with Gasteiger partial charge in [-0.05, 0) is 88.4 Å². The Morgan fingerprint density at radius 1 is 0.927 bits per heavy atom. The van der Waals surface area contributed by atoms with E-state index in [1.54, 1.807) is 36.5 Å². The Balaban J connectivity index is 1.61. The lowest BCUT2D eigenvalue weighted by Gasteiger charge is -2.18. The summed E-state index contributed by atoms with van der Waals surface area (Å²) in [5, 5.41) is 17.5. The minimum atomic E-state index is -3.41. The van der Waals surface area contributed by atoms with Gasteiger partial charge in [0.25, 0.3) is 0 Å². The summed E-state index contributed by atoms with van der Waals surface area (Å²) in [5.41, 5.74) is 6.84. The molecule has 5 aromatic rings. The van der Waals surface area contributed by atoms with Crippen molar-refractivity contribution in [3.8, 4) is 11.5 Å². The lowest BCUT2D eigenvalue weighted by Crippen LogP contribution is -2.02. The number of rotatable bonds is 9. The van der Waals surface area contributed by atoms with E-state index in [4.69, 9.17) is 9.84 Å². The van der Waals surface area contributed by atoms with Crippen LogP contribution in [0.5, 0.6) is 11.5 Å². The highest BCUT2D eigenvalue weighted by molar-refractivity contribution is 7.65. The third-order valence-electron chi connectivity index (χ3n) is 6.72. The van der Waals surface area contributed by atoms with Crippen LogP contribution in [0.25, 0.3) is 28.1 Å². The van der Waals surface area contributed by atoms with Crippen molar-refractivity contribution in [2.24, 2.45) is 0 Å². The first-order chi connectivity index (χ1) is 19.7. The Labute approximate surface area is 237 Å². The average Bonchev–Trinajstić information content (AvgIpc) is 3.43. The van der Waals surface area contributed by atoms with Gasteiger partial charge in [-0.25, -0.2) is 4.79 Å². The normalized spacial score (nSPS) is 13.6. The van der Waals surface area contributed by atoms with Crippen molar-refractivity contribution in [3.63, 3.8) is 0 Å². The molecule has 206 valence electrons. The van der Waals surface area contributed by atoms with Crippen LogP contribution in [-0.2, 0) is 9.36 Å². The zero-order valence-corrected chi connectivity index (χ0v) is 23.5. The largest absolute Gasteiger partial charge is 0.478 e. The fourth-order valence-corrected chi connectivity index (χ4v) is 5.48. The Bertz CT molecular complexity index is 1830. The highest BCUT2D eigenvalue weighted by Gasteiger charge is 2.16. The number of ether oxygens (including phenoxy) is 1. The molecule has 0 fully saturated rings. The highest BCUT2D eigenvalue weighted by atomic mass is 31.2. The van der Waals surface area contributed by atoms with Crippen molar-refractivity contribution < 1.29 is 24.1 Å². The maximum Gasteiger partial charge on any atom is 0.328 e. The maximum absolute atomic E-state index is 12.2. The van der Waals surface area contributed by atoms with E-state index in [9.17, 15) is 14.3 Å². The molecule has 0 saturated heterocycles. The minimum absolute atomic E-state index is 0.332. The molecule has 0 bridgehead atoms. The monoisotopic (exact) mass is 564 g/mol. The van der Waals surface area contributed by atoms with Gasteiger partial charge in [0, 0.05) is 23.4 Å². The number of nitrogens with one attached hydrogen (secondary N) is 1. The van der Waals surface area contributed by atoms with Crippen LogP contribution in [0.15, 0.2) is 103 Å². The van der Waals surface area contributed by atoms with E-state index < -0.39 is 13.3 Å². The van der Waals surface area contributed by atoms with Gasteiger partial charge < -0.3 is 14.7 Å². The summed E-state index contributed by atoms with van der Waals surface area (Å²) < 4.78 is 18.3. The van der Waals surface area contributed by atoms with E-state index in [2.05, 4.69) is 29.3 Å². The SMILES string of the molecule is CC/C(=C(/c1ccc(/C=C/C(=O)O)cc1)c1ccc2[nH]ncc2c1)c1cccc(Oc2cccc(P(C)(=O)O)c2)c1. The second-order valence-corrected chi connectivity index (χ2v) is 12.0. The number of allylic oxidation sites excluding steroid dienone is 1. The van der Waals surface area contributed by atoms with Gasteiger partial charge in [0.05, 0.1) is 11.7 Å². The molecule has 8 heteroatoms. The maximum atomic E-state index is 12.2. The van der Waals surface area contributed by atoms with E-state index >= 15 is 0 Å². The number of nitrogens with zero attached hydrogens (tertiary/aromatic N) is 1. The van der Waals surface area contributed by atoms with Gasteiger partial charge in [0.1, 0.15) is 11.5 Å². The number of aromatic amines is 1. The lowest BCUT2D eigenvalue weighted by atomic mass is 9.87. The molecule has 5 rings (SSSR count). The summed E-state index contributed by atoms with van der Waals surface area (Å²) >= 11 is 0. The summed E-state index contributed by atoms with van der Waals surface area (Å²) in [4.78, 5) is 21.0. The molecule has 1 aromatic heterocycles. The van der Waals surface area contributed by atoms with Gasteiger partial charge in [-0.15, -0.1) is 0 Å². The standard InChI is InChI=1S/C33H29N2O5P/c1-3-30(24-6-4-7-27(19-24)40-28-8-5-9-29(20-28)41(2,38)39)33(25-15-16-31-26(18-25)21-34-35-31)23-13-10-22(11-14-23)12-17-32(36)37/h4-21H,3H2,1-2H3,(H,34,35)(H,36,37)(H,38,39)/b17-12+,33-30+. The van der Waals surface area contributed by atoms with Crippen molar-refractivity contribution in [1.29, 1.82) is 0 Å². The second-order valence-electron chi connectivity index (χ2n) is 9.68. The number of carboxylic acid groups (broad SMARTS) is 1. The third-order valence-corrected chi connectivity index (χ3v) is 7.95. The second kappa shape index (κ2) is 11.8. The number of aromatic nitrogens is 2. The first-order valence-electron chi connectivity index (χ1n) is 13.1. The predicted octanol–water partition coefficient (Wildman–Crippen LogP) is 7.35. The number of hydrogen-bond donors (Lipinski definition) is 3. The van der Waals surface area contributed by atoms with Gasteiger partial charge >= 0.3 is 5.97 Å². The van der Waals surface area contributed by atoms with Crippen LogP contribution in [-0.4, -0.2) is 32.8 Å². The minimum Gasteiger partial charge on any atom is -0.478 e. The van der Waals surface area contributed by atoms with Crippen molar-refractivity contribution >= 4 is 46.8 Å². The molecule has 3 N–H and O–H groups in total. The van der Waals surface area contributed by atoms with E-state index in [0.717, 1.165) is 56.8 Å². The summed E-state index contributed by atoms with van der Waals surface area (Å²) in [5.74, 6) is 0.0898. The predicted molar refractivity (Wildman–Crippen MR) is 164 cm³/mol. The Morgan fingerprint density at radius 3 is 2.34 bits per heavy atom. The van der Waals surface area contributed by atoms with Crippen molar-refractivity contribution in [2.75, 3.05) is 6.66 Å². The summed E-state index contributed by atoms with van der Waals surface area (Å²) in [6.07, 6.45) is 5.21. The van der Waals surface area contributed by atoms with Crippen LogP contribution in [0.3, 0.4) is 0 Å². The van der Waals surface area contributed by atoms with Crippen LogP contribution in [0, 0.1) is 0 Å². The third kappa shape index (κ3) is 6.55. The van der Waals surface area contributed by atoms with Gasteiger partial charge in [-0.2, -0.15) is 5.10 Å². The first-order valence-corrected chi connectivity index (χ1v) is 15.2. The molecule has 0 saturated carbocycles. The smallest absolute Gasteiger partial charge is 0.328 e. The van der Waals surface area contributed by atoms with Crippen LogP contribution in [0.2, 0.25) is 0 Å². The Kier molecular flexibility index (Phi) is 8.02. The molecule has 1 heterocycles. The number of benzene rings is 4. The fourth-order valence-electron chi connectivity index (χ4n) is 4.76. The number of H-pyrrole nitrogens is 1. The molecular formula is C33H29N2O5P. The quantitative estimate of drug-likeness (QED) is 0.0981. The summed E-state index contributed by atoms with van der Waals surface area (Å²) in [6.45, 7) is 3.41. The fraction of sp³-hybridized carbons (Fsp3) is 0.0909. The van der Waals surface area contributed by atoms with Crippen LogP contribution in [0.1, 0.15) is 35.6 Å². The number of carbonyl (C=O) groups is 1. The van der Waals surface area contributed by atoms with E-state index in [0.29, 0.717) is 16.8 Å². The highest BCUT2D eigenvalue weighted by Crippen LogP contribution is 2.38. The molecular weight excluding hydrogens is 535 g/mol. The zero-order valence-electron chi connectivity index (χ0n) is 22.6. The van der Waals surface area contributed by atoms with Gasteiger partial charge in [-0.1, -0.05) is 55.5 Å². The van der Waals surface area contributed by atoms with E-state index in [1.165, 1.54) is 6.66 Å². The molecule has 1 atom stereocenters. The molecule has 4 aromatic carbocycles. The number of hydrogen-bond acceptors (Lipinski definition) is 4. The lowest BCUT2D eigenvalue weighted by molar-refractivity contribution is -0.131. The van der Waals surface area contributed by atoms with Gasteiger partial charge in [0.15, 0.2) is 0 Å². The van der Waals surface area contributed by atoms with E-state index in [-0.39, 0.29) is 0 Å². The molecule has 7 nitrogen and oxygen atoms in total. The Hall–Kier alpha value is -4.71. The number of carboxylic acids is 1. The van der Waals surface area contributed by atoms with Gasteiger partial charge in [-0.3, -0.25) is 9.66 Å². The van der Waals surface area contributed by atoms with Crippen molar-refractivity contribution in [2.45, 2.75) is 13.3 Å². The molecule has 0 aliphatic carbocycles. The molecule has 41 heavy (non-hydrogen) atoms. The molecule has 0 amide bonds. The topological polar surface area (TPSA) is 113 Å². The van der Waals surface area contributed by atoms with E-state index in [1.807, 2.05) is 54.6 Å². The summed E-state index contributed by atoms with van der Waals surface area (Å²) in [7, 11) is -3.41. The molecule has 0 aliphatic rings. The first kappa shape index (κ1) is 27.8.